The largest absolute Gasteiger partial charge is 0.542 e. The Hall–Kier alpha value is -1.00. The first-order valence-electron chi connectivity index (χ1n) is 5.90. The van der Waals surface area contributed by atoms with E-state index in [0.717, 1.165) is 23.7 Å². The van der Waals surface area contributed by atoms with Crippen molar-refractivity contribution in [1.29, 1.82) is 0 Å². The molecule has 96 valence electrons. The van der Waals surface area contributed by atoms with Crippen LogP contribution in [-0.4, -0.2) is 22.0 Å². The third-order valence-corrected chi connectivity index (χ3v) is 2.95. The van der Waals surface area contributed by atoms with Gasteiger partial charge in [0.15, 0.2) is 5.75 Å². The van der Waals surface area contributed by atoms with Crippen molar-refractivity contribution in [2.75, 3.05) is 13.7 Å². The molecule has 0 saturated carbocycles. The number of hydrogen-bond acceptors (Lipinski definition) is 3. The van der Waals surface area contributed by atoms with E-state index in [0.29, 0.717) is 6.61 Å². The summed E-state index contributed by atoms with van der Waals surface area (Å²) in [5.74, 6) is 1.61. The van der Waals surface area contributed by atoms with E-state index in [4.69, 9.17) is 13.9 Å². The van der Waals surface area contributed by atoms with Crippen LogP contribution in [0.15, 0.2) is 18.2 Å². The van der Waals surface area contributed by atoms with Gasteiger partial charge in [-0.05, 0) is 44.3 Å². The van der Waals surface area contributed by atoms with Crippen LogP contribution in [0.2, 0.25) is 19.6 Å². The highest BCUT2D eigenvalue weighted by Gasteiger charge is 2.18. The fourth-order valence-electron chi connectivity index (χ4n) is 1.44. The zero-order valence-electron chi connectivity index (χ0n) is 11.4. The van der Waals surface area contributed by atoms with E-state index in [1.165, 1.54) is 0 Å². The fourth-order valence-corrected chi connectivity index (χ4v) is 2.26. The first-order chi connectivity index (χ1) is 7.96. The standard InChI is InChI=1S/C13H22O3Si/c1-6-15-10-11-7-8-12(13(9-11)14-2)16-17(3,4)5/h7-9H,6,10H2,1-5H3. The molecule has 0 bridgehead atoms. The summed E-state index contributed by atoms with van der Waals surface area (Å²) < 4.78 is 16.7. The first kappa shape index (κ1) is 14.1. The van der Waals surface area contributed by atoms with Crippen LogP contribution in [0, 0.1) is 0 Å². The van der Waals surface area contributed by atoms with Crippen molar-refractivity contribution in [3.8, 4) is 11.5 Å². The molecule has 0 aliphatic carbocycles. The van der Waals surface area contributed by atoms with Crippen LogP contribution >= 0.6 is 0 Å². The minimum Gasteiger partial charge on any atom is -0.542 e. The van der Waals surface area contributed by atoms with Crippen molar-refractivity contribution < 1.29 is 13.9 Å². The van der Waals surface area contributed by atoms with E-state index in [2.05, 4.69) is 19.6 Å². The second kappa shape index (κ2) is 6.07. The minimum atomic E-state index is -1.60. The molecule has 0 radical (unpaired) electrons. The zero-order valence-corrected chi connectivity index (χ0v) is 12.4. The highest BCUT2D eigenvalue weighted by atomic mass is 28.4. The minimum absolute atomic E-state index is 0.611. The van der Waals surface area contributed by atoms with Crippen molar-refractivity contribution in [3.05, 3.63) is 23.8 Å². The first-order valence-corrected chi connectivity index (χ1v) is 9.30. The van der Waals surface area contributed by atoms with Crippen LogP contribution in [0.4, 0.5) is 0 Å². The van der Waals surface area contributed by atoms with E-state index >= 15 is 0 Å². The highest BCUT2D eigenvalue weighted by molar-refractivity contribution is 6.70. The van der Waals surface area contributed by atoms with Gasteiger partial charge in [-0.3, -0.25) is 0 Å². The van der Waals surface area contributed by atoms with Gasteiger partial charge in [0.2, 0.25) is 8.32 Å². The summed E-state index contributed by atoms with van der Waals surface area (Å²) in [5, 5.41) is 0. The molecule has 0 atom stereocenters. The van der Waals surface area contributed by atoms with Crippen LogP contribution in [0.3, 0.4) is 0 Å². The summed E-state index contributed by atoms with van der Waals surface area (Å²) in [4.78, 5) is 0. The van der Waals surface area contributed by atoms with Crippen molar-refractivity contribution in [2.45, 2.75) is 33.2 Å². The quantitative estimate of drug-likeness (QED) is 0.728. The van der Waals surface area contributed by atoms with Crippen molar-refractivity contribution in [2.24, 2.45) is 0 Å². The molecule has 0 unspecified atom stereocenters. The molecule has 3 nitrogen and oxygen atoms in total. The Bertz CT molecular complexity index is 358. The summed E-state index contributed by atoms with van der Waals surface area (Å²) in [5.41, 5.74) is 1.10. The van der Waals surface area contributed by atoms with E-state index < -0.39 is 8.32 Å². The van der Waals surface area contributed by atoms with Gasteiger partial charge in [-0.2, -0.15) is 0 Å². The van der Waals surface area contributed by atoms with Crippen molar-refractivity contribution in [1.82, 2.24) is 0 Å². The lowest BCUT2D eigenvalue weighted by atomic mass is 10.2. The third kappa shape index (κ3) is 4.79. The maximum atomic E-state index is 5.96. The van der Waals surface area contributed by atoms with E-state index in [-0.39, 0.29) is 0 Å². The van der Waals surface area contributed by atoms with Crippen LogP contribution in [0.25, 0.3) is 0 Å². The van der Waals surface area contributed by atoms with Crippen LogP contribution < -0.4 is 9.16 Å². The number of ether oxygens (including phenoxy) is 2. The molecule has 0 aromatic heterocycles. The normalized spacial score (nSPS) is 11.4. The molecule has 0 spiro atoms. The van der Waals surface area contributed by atoms with Gasteiger partial charge < -0.3 is 13.9 Å². The monoisotopic (exact) mass is 254 g/mol. The number of hydrogen-bond donors (Lipinski definition) is 0. The third-order valence-electron chi connectivity index (χ3n) is 2.12. The lowest BCUT2D eigenvalue weighted by Gasteiger charge is -2.21. The predicted octanol–water partition coefficient (Wildman–Crippen LogP) is 3.45. The fraction of sp³-hybridized carbons (Fsp3) is 0.538. The molecule has 0 aliphatic rings. The van der Waals surface area contributed by atoms with Gasteiger partial charge in [0.25, 0.3) is 0 Å². The van der Waals surface area contributed by atoms with Gasteiger partial charge in [0.1, 0.15) is 5.75 Å². The molecule has 1 rings (SSSR count). The summed E-state index contributed by atoms with van der Waals surface area (Å²) in [6, 6.07) is 5.96. The number of rotatable bonds is 6. The molecule has 0 aliphatic heterocycles. The van der Waals surface area contributed by atoms with Gasteiger partial charge >= 0.3 is 0 Å². The topological polar surface area (TPSA) is 27.7 Å². The Kier molecular flexibility index (Phi) is 5.02. The molecule has 0 N–H and O–H groups in total. The number of benzene rings is 1. The second-order valence-electron chi connectivity index (χ2n) is 4.84. The van der Waals surface area contributed by atoms with Gasteiger partial charge in [-0.1, -0.05) is 6.07 Å². The summed E-state index contributed by atoms with van der Waals surface area (Å²) >= 11 is 0. The van der Waals surface area contributed by atoms with Crippen LogP contribution in [0.5, 0.6) is 11.5 Å². The zero-order chi connectivity index (χ0) is 12.9. The van der Waals surface area contributed by atoms with Crippen LogP contribution in [-0.2, 0) is 11.3 Å². The van der Waals surface area contributed by atoms with Crippen molar-refractivity contribution >= 4 is 8.32 Å². The van der Waals surface area contributed by atoms with Gasteiger partial charge in [-0.15, -0.1) is 0 Å². The Morgan fingerprint density at radius 1 is 1.12 bits per heavy atom. The second-order valence-corrected chi connectivity index (χ2v) is 9.27. The average molecular weight is 254 g/mol. The molecule has 1 aromatic carbocycles. The maximum Gasteiger partial charge on any atom is 0.242 e. The van der Waals surface area contributed by atoms with E-state index in [1.54, 1.807) is 7.11 Å². The summed E-state index contributed by atoms with van der Waals surface area (Å²) in [7, 11) is 0.0638. The lowest BCUT2D eigenvalue weighted by molar-refractivity contribution is 0.134. The maximum absolute atomic E-state index is 5.96. The molecule has 17 heavy (non-hydrogen) atoms. The Labute approximate surface area is 105 Å². The molecule has 0 amide bonds. The van der Waals surface area contributed by atoms with Crippen LogP contribution in [0.1, 0.15) is 12.5 Å². The predicted molar refractivity (Wildman–Crippen MR) is 72.3 cm³/mol. The number of methoxy groups -OCH3 is 1. The smallest absolute Gasteiger partial charge is 0.242 e. The molecule has 1 aromatic rings. The Morgan fingerprint density at radius 2 is 1.82 bits per heavy atom. The van der Waals surface area contributed by atoms with Gasteiger partial charge in [0.05, 0.1) is 13.7 Å². The SMILES string of the molecule is CCOCc1ccc(O[Si](C)(C)C)c(OC)c1. The van der Waals surface area contributed by atoms with E-state index in [9.17, 15) is 0 Å². The molecule has 0 heterocycles. The average Bonchev–Trinajstić information content (AvgIpc) is 2.25. The molecule has 0 fully saturated rings. The summed E-state index contributed by atoms with van der Waals surface area (Å²) in [6.45, 7) is 9.77. The lowest BCUT2D eigenvalue weighted by Crippen LogP contribution is -2.29. The molecule has 4 heteroatoms. The molecular weight excluding hydrogens is 232 g/mol. The molecule has 0 saturated heterocycles. The van der Waals surface area contributed by atoms with Crippen molar-refractivity contribution in [3.63, 3.8) is 0 Å². The molecular formula is C13H22O3Si. The Balaban J connectivity index is 2.85. The van der Waals surface area contributed by atoms with E-state index in [1.807, 2.05) is 25.1 Å². The Morgan fingerprint density at radius 3 is 2.35 bits per heavy atom. The van der Waals surface area contributed by atoms with Gasteiger partial charge in [-0.25, -0.2) is 0 Å². The summed E-state index contributed by atoms with van der Waals surface area (Å²) in [6.07, 6.45) is 0. The van der Waals surface area contributed by atoms with Gasteiger partial charge in [0, 0.05) is 6.61 Å². The highest BCUT2D eigenvalue weighted by Crippen LogP contribution is 2.30.